The van der Waals surface area contributed by atoms with Gasteiger partial charge in [-0.15, -0.1) is 0 Å². The van der Waals surface area contributed by atoms with Gasteiger partial charge in [0.1, 0.15) is 5.78 Å². The molecular weight excluding hydrogens is 250 g/mol. The van der Waals surface area contributed by atoms with Gasteiger partial charge in [0.25, 0.3) is 0 Å². The molecule has 3 heteroatoms. The number of likely N-dealkylation sites (tertiary alicyclic amines) is 1. The Labute approximate surface area is 122 Å². The summed E-state index contributed by atoms with van der Waals surface area (Å²) < 4.78 is 0. The Hall–Kier alpha value is -0.860. The zero-order valence-corrected chi connectivity index (χ0v) is 13.3. The summed E-state index contributed by atoms with van der Waals surface area (Å²) in [6.45, 7) is 9.42. The van der Waals surface area contributed by atoms with Crippen molar-refractivity contribution >= 4 is 11.7 Å². The summed E-state index contributed by atoms with van der Waals surface area (Å²) in [4.78, 5) is 27.8. The van der Waals surface area contributed by atoms with E-state index in [2.05, 4.69) is 32.6 Å². The fourth-order valence-electron chi connectivity index (χ4n) is 5.01. The second-order valence-electron chi connectivity index (χ2n) is 7.98. The van der Waals surface area contributed by atoms with E-state index in [1.165, 1.54) is 6.42 Å². The molecule has 1 aliphatic heterocycles. The molecule has 3 atom stereocenters. The van der Waals surface area contributed by atoms with Crippen molar-refractivity contribution in [2.45, 2.75) is 72.3 Å². The van der Waals surface area contributed by atoms with Crippen molar-refractivity contribution in [2.24, 2.45) is 16.2 Å². The van der Waals surface area contributed by atoms with Gasteiger partial charge in [0.15, 0.2) is 0 Å². The molecular formula is C17H27NO2. The quantitative estimate of drug-likeness (QED) is 0.738. The minimum absolute atomic E-state index is 0.203. The van der Waals surface area contributed by atoms with Crippen LogP contribution < -0.4 is 0 Å². The third-order valence-electron chi connectivity index (χ3n) is 7.18. The van der Waals surface area contributed by atoms with Crippen molar-refractivity contribution in [3.05, 3.63) is 0 Å². The molecule has 2 saturated carbocycles. The van der Waals surface area contributed by atoms with Gasteiger partial charge in [-0.2, -0.15) is 0 Å². The fourth-order valence-corrected chi connectivity index (χ4v) is 5.01. The van der Waals surface area contributed by atoms with Crippen LogP contribution in [0.4, 0.5) is 0 Å². The smallest absolute Gasteiger partial charge is 0.230 e. The van der Waals surface area contributed by atoms with Crippen LogP contribution in [-0.4, -0.2) is 29.2 Å². The molecule has 2 aliphatic carbocycles. The molecule has 3 rings (SSSR count). The fraction of sp³-hybridized carbons (Fsp3) is 0.882. The maximum absolute atomic E-state index is 13.3. The predicted molar refractivity (Wildman–Crippen MR) is 78.2 cm³/mol. The molecule has 112 valence electrons. The summed E-state index contributed by atoms with van der Waals surface area (Å²) in [7, 11) is 0. The zero-order valence-electron chi connectivity index (χ0n) is 13.3. The van der Waals surface area contributed by atoms with Crippen LogP contribution in [-0.2, 0) is 9.59 Å². The van der Waals surface area contributed by atoms with Gasteiger partial charge >= 0.3 is 0 Å². The number of carbonyl (C=O) groups is 2. The summed E-state index contributed by atoms with van der Waals surface area (Å²) >= 11 is 0. The van der Waals surface area contributed by atoms with Gasteiger partial charge in [-0.1, -0.05) is 20.8 Å². The molecule has 0 aromatic heterocycles. The zero-order chi connectivity index (χ0) is 14.8. The second kappa shape index (κ2) is 4.08. The van der Waals surface area contributed by atoms with Crippen molar-refractivity contribution in [3.63, 3.8) is 0 Å². The van der Waals surface area contributed by atoms with E-state index in [0.717, 1.165) is 32.2 Å². The maximum Gasteiger partial charge on any atom is 0.230 e. The molecule has 0 aromatic carbocycles. The molecule has 1 saturated heterocycles. The highest BCUT2D eigenvalue weighted by atomic mass is 16.2. The number of nitrogens with zero attached hydrogens (tertiary/aromatic N) is 1. The van der Waals surface area contributed by atoms with Crippen LogP contribution >= 0.6 is 0 Å². The van der Waals surface area contributed by atoms with Crippen LogP contribution in [0.15, 0.2) is 0 Å². The average molecular weight is 277 g/mol. The van der Waals surface area contributed by atoms with E-state index in [4.69, 9.17) is 0 Å². The lowest BCUT2D eigenvalue weighted by Crippen LogP contribution is -2.52. The third-order valence-corrected chi connectivity index (χ3v) is 7.18. The molecule has 3 aliphatic rings. The lowest BCUT2D eigenvalue weighted by Gasteiger charge is -2.44. The molecule has 0 aromatic rings. The van der Waals surface area contributed by atoms with E-state index in [-0.39, 0.29) is 16.7 Å². The van der Waals surface area contributed by atoms with E-state index < -0.39 is 5.41 Å². The third kappa shape index (κ3) is 1.42. The van der Waals surface area contributed by atoms with Gasteiger partial charge in [0, 0.05) is 24.4 Å². The molecule has 2 bridgehead atoms. The van der Waals surface area contributed by atoms with Gasteiger partial charge in [-0.05, 0) is 44.4 Å². The number of carbonyl (C=O) groups excluding carboxylic acids is 2. The molecule has 0 spiro atoms. The van der Waals surface area contributed by atoms with E-state index in [0.29, 0.717) is 18.2 Å². The summed E-state index contributed by atoms with van der Waals surface area (Å²) in [5, 5.41) is 0. The van der Waals surface area contributed by atoms with E-state index in [9.17, 15) is 9.59 Å². The largest absolute Gasteiger partial charge is 0.339 e. The summed E-state index contributed by atoms with van der Waals surface area (Å²) in [5.74, 6) is 0.580. The predicted octanol–water partition coefficient (Wildman–Crippen LogP) is 3.17. The van der Waals surface area contributed by atoms with Crippen LogP contribution in [0.1, 0.15) is 66.2 Å². The van der Waals surface area contributed by atoms with Crippen LogP contribution in [0.5, 0.6) is 0 Å². The van der Waals surface area contributed by atoms with Gasteiger partial charge < -0.3 is 4.90 Å². The van der Waals surface area contributed by atoms with Gasteiger partial charge in [-0.25, -0.2) is 0 Å². The Morgan fingerprint density at radius 3 is 2.40 bits per heavy atom. The highest BCUT2D eigenvalue weighted by Gasteiger charge is 2.73. The SMILES string of the molecule is C[C@H]1CCCCN1C(=O)[C@@]12CC[C@@](C)(C(=O)C1)C2(C)C. The number of hydrogen-bond acceptors (Lipinski definition) is 2. The minimum atomic E-state index is -0.426. The molecule has 0 radical (unpaired) electrons. The first-order valence-corrected chi connectivity index (χ1v) is 8.11. The number of Topliss-reactive ketones (excluding diaryl/α,β-unsaturated/α-hetero) is 1. The number of hydrogen-bond donors (Lipinski definition) is 0. The molecule has 1 heterocycles. The first-order valence-electron chi connectivity index (χ1n) is 8.11. The lowest BCUT2D eigenvalue weighted by molar-refractivity contribution is -0.151. The standard InChI is InChI=1S/C17H27NO2/c1-12-7-5-6-10-18(12)14(20)17-9-8-16(4,13(19)11-17)15(17,2)3/h12H,5-11H2,1-4H3/t12-,16-,17+/m0/s1. The maximum atomic E-state index is 13.3. The number of fused-ring (bicyclic) bond motifs is 2. The van der Waals surface area contributed by atoms with E-state index in [1.54, 1.807) is 0 Å². The Morgan fingerprint density at radius 2 is 1.90 bits per heavy atom. The Bertz CT molecular complexity index is 470. The van der Waals surface area contributed by atoms with Crippen molar-refractivity contribution in [1.82, 2.24) is 4.90 Å². The molecule has 0 N–H and O–H groups in total. The van der Waals surface area contributed by atoms with Crippen molar-refractivity contribution in [3.8, 4) is 0 Å². The number of piperidine rings is 1. The number of rotatable bonds is 1. The summed E-state index contributed by atoms with van der Waals surface area (Å²) in [5.41, 5.74) is -0.919. The first-order chi connectivity index (χ1) is 9.26. The topological polar surface area (TPSA) is 37.4 Å². The Balaban J connectivity index is 1.97. The Morgan fingerprint density at radius 1 is 1.20 bits per heavy atom. The van der Waals surface area contributed by atoms with Crippen molar-refractivity contribution in [1.29, 1.82) is 0 Å². The highest BCUT2D eigenvalue weighted by molar-refractivity contribution is 5.99. The molecule has 3 nitrogen and oxygen atoms in total. The molecule has 20 heavy (non-hydrogen) atoms. The molecule has 1 amide bonds. The van der Waals surface area contributed by atoms with Gasteiger partial charge in [0.2, 0.25) is 5.91 Å². The Kier molecular flexibility index (Phi) is 2.88. The van der Waals surface area contributed by atoms with E-state index in [1.807, 2.05) is 0 Å². The molecule has 3 fully saturated rings. The van der Waals surface area contributed by atoms with Crippen LogP contribution in [0.2, 0.25) is 0 Å². The monoisotopic (exact) mass is 277 g/mol. The molecule has 0 unspecified atom stereocenters. The minimum Gasteiger partial charge on any atom is -0.339 e. The summed E-state index contributed by atoms with van der Waals surface area (Å²) in [6, 6.07) is 0.337. The summed E-state index contributed by atoms with van der Waals surface area (Å²) in [6.07, 6.45) is 5.68. The van der Waals surface area contributed by atoms with Gasteiger partial charge in [-0.3, -0.25) is 9.59 Å². The average Bonchev–Trinajstić information content (AvgIpc) is 2.69. The van der Waals surface area contributed by atoms with Crippen LogP contribution in [0.3, 0.4) is 0 Å². The van der Waals surface area contributed by atoms with Crippen molar-refractivity contribution in [2.75, 3.05) is 6.54 Å². The van der Waals surface area contributed by atoms with E-state index >= 15 is 0 Å². The van der Waals surface area contributed by atoms with Crippen LogP contribution in [0.25, 0.3) is 0 Å². The van der Waals surface area contributed by atoms with Crippen LogP contribution in [0, 0.1) is 16.2 Å². The number of ketones is 1. The highest BCUT2D eigenvalue weighted by Crippen LogP contribution is 2.71. The van der Waals surface area contributed by atoms with Gasteiger partial charge in [0.05, 0.1) is 5.41 Å². The second-order valence-corrected chi connectivity index (χ2v) is 7.98. The number of amides is 1. The first kappa shape index (κ1) is 14.1. The lowest BCUT2D eigenvalue weighted by atomic mass is 9.64. The van der Waals surface area contributed by atoms with Crippen molar-refractivity contribution < 1.29 is 9.59 Å². The normalized spacial score (nSPS) is 43.1.